The molecular weight excluding hydrogens is 346 g/mol. The molecule has 27 heavy (non-hydrogen) atoms. The SMILES string of the molecule is CCCCn1c(O)c(C2=CCCC2=CN(C)C)c(=O)n(C(C)COC)c1=O. The standard InChI is InChI=1S/C20H31N3O4/c1-6-7-11-22-18(24)17(16-10-8-9-15(16)12-21(3)4)19(25)23(20(22)26)14(2)13-27-5/h10,12,14,24H,6-9,11,13H2,1-5H3. The first-order valence-electron chi connectivity index (χ1n) is 9.48. The zero-order valence-electron chi connectivity index (χ0n) is 17.0. The van der Waals surface area contributed by atoms with E-state index in [1.807, 2.05) is 38.2 Å². The van der Waals surface area contributed by atoms with Gasteiger partial charge in [0.05, 0.1) is 12.6 Å². The van der Waals surface area contributed by atoms with E-state index in [1.54, 1.807) is 6.92 Å². The molecule has 0 fully saturated rings. The predicted molar refractivity (Wildman–Crippen MR) is 107 cm³/mol. The summed E-state index contributed by atoms with van der Waals surface area (Å²) in [6, 6.07) is -0.425. The van der Waals surface area contributed by atoms with Crippen LogP contribution in [0.5, 0.6) is 5.88 Å². The number of allylic oxidation sites excluding steroid dienone is 3. The van der Waals surface area contributed by atoms with E-state index in [1.165, 1.54) is 16.2 Å². The highest BCUT2D eigenvalue weighted by molar-refractivity contribution is 5.82. The van der Waals surface area contributed by atoms with Crippen molar-refractivity contribution in [1.29, 1.82) is 0 Å². The quantitative estimate of drug-likeness (QED) is 0.752. The summed E-state index contributed by atoms with van der Waals surface area (Å²) in [6.45, 7) is 4.40. The van der Waals surface area contributed by atoms with Crippen molar-refractivity contribution in [2.75, 3.05) is 27.8 Å². The molecule has 1 aliphatic carbocycles. The van der Waals surface area contributed by atoms with Crippen LogP contribution >= 0.6 is 0 Å². The van der Waals surface area contributed by atoms with Gasteiger partial charge in [-0.25, -0.2) is 4.79 Å². The molecule has 0 radical (unpaired) electrons. The van der Waals surface area contributed by atoms with Crippen molar-refractivity contribution >= 4 is 5.57 Å². The first-order chi connectivity index (χ1) is 12.8. The fourth-order valence-electron chi connectivity index (χ4n) is 3.46. The Bertz CT molecular complexity index is 846. The number of methoxy groups -OCH3 is 1. The Labute approximate surface area is 160 Å². The summed E-state index contributed by atoms with van der Waals surface area (Å²) in [4.78, 5) is 28.1. The number of aromatic hydroxyl groups is 1. The molecule has 1 aliphatic rings. The fourth-order valence-corrected chi connectivity index (χ4v) is 3.46. The van der Waals surface area contributed by atoms with Gasteiger partial charge in [-0.1, -0.05) is 19.4 Å². The lowest BCUT2D eigenvalue weighted by molar-refractivity contribution is 0.157. The van der Waals surface area contributed by atoms with Crippen LogP contribution in [-0.4, -0.2) is 47.0 Å². The number of unbranched alkanes of at least 4 members (excludes halogenated alkanes) is 1. The van der Waals surface area contributed by atoms with E-state index in [0.717, 1.165) is 36.8 Å². The number of nitrogens with zero attached hydrogens (tertiary/aromatic N) is 3. The molecule has 0 saturated carbocycles. The van der Waals surface area contributed by atoms with Gasteiger partial charge >= 0.3 is 5.69 Å². The second-order valence-electron chi connectivity index (χ2n) is 7.24. The third-order valence-electron chi connectivity index (χ3n) is 4.72. The van der Waals surface area contributed by atoms with Gasteiger partial charge in [-0.3, -0.25) is 13.9 Å². The maximum atomic E-state index is 13.2. The number of hydrogen-bond acceptors (Lipinski definition) is 5. The molecule has 0 spiro atoms. The summed E-state index contributed by atoms with van der Waals surface area (Å²) in [5.74, 6) is -0.239. The molecule has 1 atom stereocenters. The molecule has 1 aromatic heterocycles. The molecule has 7 nitrogen and oxygen atoms in total. The van der Waals surface area contributed by atoms with Gasteiger partial charge in [0.1, 0.15) is 5.56 Å². The molecule has 0 aliphatic heterocycles. The van der Waals surface area contributed by atoms with Crippen LogP contribution in [0.2, 0.25) is 0 Å². The van der Waals surface area contributed by atoms with Crippen LogP contribution in [0.15, 0.2) is 27.4 Å². The number of ether oxygens (including phenoxy) is 1. The molecular formula is C20H31N3O4. The van der Waals surface area contributed by atoms with Crippen molar-refractivity contribution in [2.24, 2.45) is 0 Å². The molecule has 1 aromatic rings. The molecule has 0 aromatic carbocycles. The Kier molecular flexibility index (Phi) is 7.07. The van der Waals surface area contributed by atoms with Crippen LogP contribution in [0.25, 0.3) is 5.57 Å². The van der Waals surface area contributed by atoms with Crippen LogP contribution in [0, 0.1) is 0 Å². The summed E-state index contributed by atoms with van der Waals surface area (Å²) in [5.41, 5.74) is 0.955. The Morgan fingerprint density at radius 1 is 1.37 bits per heavy atom. The summed E-state index contributed by atoms with van der Waals surface area (Å²) < 4.78 is 7.68. The van der Waals surface area contributed by atoms with Gasteiger partial charge in [-0.05, 0) is 37.3 Å². The fraction of sp³-hybridized carbons (Fsp3) is 0.600. The van der Waals surface area contributed by atoms with Crippen LogP contribution in [-0.2, 0) is 11.3 Å². The molecule has 1 N–H and O–H groups in total. The van der Waals surface area contributed by atoms with Crippen LogP contribution in [0.4, 0.5) is 0 Å². The number of rotatable bonds is 8. The average Bonchev–Trinajstić information content (AvgIpc) is 3.02. The summed E-state index contributed by atoms with van der Waals surface area (Å²) >= 11 is 0. The highest BCUT2D eigenvalue weighted by Crippen LogP contribution is 2.35. The number of hydrogen-bond donors (Lipinski definition) is 1. The molecule has 1 heterocycles. The zero-order chi connectivity index (χ0) is 20.1. The molecule has 0 amide bonds. The van der Waals surface area contributed by atoms with Crippen molar-refractivity contribution < 1.29 is 9.84 Å². The predicted octanol–water partition coefficient (Wildman–Crippen LogP) is 2.35. The van der Waals surface area contributed by atoms with Crippen molar-refractivity contribution in [3.05, 3.63) is 44.3 Å². The van der Waals surface area contributed by atoms with Crippen LogP contribution in [0.1, 0.15) is 51.1 Å². The van der Waals surface area contributed by atoms with Crippen molar-refractivity contribution in [2.45, 2.75) is 52.1 Å². The summed E-state index contributed by atoms with van der Waals surface area (Å²) in [5, 5.41) is 10.9. The maximum absolute atomic E-state index is 13.2. The molecule has 7 heteroatoms. The minimum atomic E-state index is -0.490. The van der Waals surface area contributed by atoms with E-state index in [4.69, 9.17) is 4.74 Å². The monoisotopic (exact) mass is 377 g/mol. The van der Waals surface area contributed by atoms with Crippen LogP contribution in [0.3, 0.4) is 0 Å². The maximum Gasteiger partial charge on any atom is 0.334 e. The minimum absolute atomic E-state index is 0.208. The molecule has 2 rings (SSSR count). The van der Waals surface area contributed by atoms with E-state index in [0.29, 0.717) is 6.54 Å². The zero-order valence-corrected chi connectivity index (χ0v) is 17.0. The Hall–Kier alpha value is -2.28. The summed E-state index contributed by atoms with van der Waals surface area (Å²) in [6.07, 6.45) is 7.14. The Morgan fingerprint density at radius 3 is 2.67 bits per heavy atom. The lowest BCUT2D eigenvalue weighted by atomic mass is 10.0. The van der Waals surface area contributed by atoms with Crippen molar-refractivity contribution in [1.82, 2.24) is 14.0 Å². The first kappa shape index (κ1) is 21.0. The molecule has 0 bridgehead atoms. The smallest absolute Gasteiger partial charge is 0.334 e. The Balaban J connectivity index is 2.75. The van der Waals surface area contributed by atoms with Gasteiger partial charge < -0.3 is 14.7 Å². The topological polar surface area (TPSA) is 76.7 Å². The Morgan fingerprint density at radius 2 is 2.07 bits per heavy atom. The molecule has 0 saturated heterocycles. The largest absolute Gasteiger partial charge is 0.494 e. The lowest BCUT2D eigenvalue weighted by Crippen LogP contribution is -2.44. The molecule has 150 valence electrons. The van der Waals surface area contributed by atoms with E-state index < -0.39 is 17.3 Å². The van der Waals surface area contributed by atoms with Gasteiger partial charge in [0.15, 0.2) is 0 Å². The molecule has 1 unspecified atom stereocenters. The van der Waals surface area contributed by atoms with Gasteiger partial charge in [0, 0.05) is 33.9 Å². The van der Waals surface area contributed by atoms with Gasteiger partial charge in [-0.15, -0.1) is 0 Å². The van der Waals surface area contributed by atoms with Crippen molar-refractivity contribution in [3.8, 4) is 5.88 Å². The van der Waals surface area contributed by atoms with Crippen LogP contribution < -0.4 is 11.2 Å². The summed E-state index contributed by atoms with van der Waals surface area (Å²) in [7, 11) is 5.38. The highest BCUT2D eigenvalue weighted by atomic mass is 16.5. The second kappa shape index (κ2) is 9.08. The minimum Gasteiger partial charge on any atom is -0.494 e. The van der Waals surface area contributed by atoms with Gasteiger partial charge in [0.25, 0.3) is 5.56 Å². The highest BCUT2D eigenvalue weighted by Gasteiger charge is 2.27. The number of aromatic nitrogens is 2. The first-order valence-corrected chi connectivity index (χ1v) is 9.48. The van der Waals surface area contributed by atoms with E-state index in [9.17, 15) is 14.7 Å². The van der Waals surface area contributed by atoms with Gasteiger partial charge in [-0.2, -0.15) is 0 Å². The third kappa shape index (κ3) is 4.35. The van der Waals surface area contributed by atoms with Crippen molar-refractivity contribution in [3.63, 3.8) is 0 Å². The average molecular weight is 377 g/mol. The van der Waals surface area contributed by atoms with E-state index in [-0.39, 0.29) is 18.1 Å². The van der Waals surface area contributed by atoms with Gasteiger partial charge in [0.2, 0.25) is 5.88 Å². The van der Waals surface area contributed by atoms with E-state index in [2.05, 4.69) is 0 Å². The third-order valence-corrected chi connectivity index (χ3v) is 4.72. The normalized spacial score (nSPS) is 16.6. The lowest BCUT2D eigenvalue weighted by Gasteiger charge is -2.20. The van der Waals surface area contributed by atoms with E-state index >= 15 is 0 Å². The second-order valence-corrected chi connectivity index (χ2v) is 7.24.